The average molecular weight is 601 g/mol. The van der Waals surface area contributed by atoms with Crippen LogP contribution in [-0.2, 0) is 37.6 Å². The molecule has 0 N–H and O–H groups in total. The van der Waals surface area contributed by atoms with Crippen molar-refractivity contribution in [1.29, 1.82) is 0 Å². The van der Waals surface area contributed by atoms with Crippen LogP contribution in [0.4, 0.5) is 0 Å². The summed E-state index contributed by atoms with van der Waals surface area (Å²) in [6.07, 6.45) is 2.23. The van der Waals surface area contributed by atoms with Gasteiger partial charge in [-0.3, -0.25) is 0 Å². The van der Waals surface area contributed by atoms with Gasteiger partial charge in [-0.05, 0) is 84.2 Å². The lowest BCUT2D eigenvalue weighted by molar-refractivity contribution is -0.152. The summed E-state index contributed by atoms with van der Waals surface area (Å²) < 4.78 is 13.3. The number of hydrogen-bond acceptors (Lipinski definition) is 4. The van der Waals surface area contributed by atoms with Gasteiger partial charge in [-0.1, -0.05) is 105 Å². The Bertz CT molecular complexity index is 1790. The van der Waals surface area contributed by atoms with E-state index in [4.69, 9.17) is 9.47 Å². The van der Waals surface area contributed by atoms with Gasteiger partial charge in [0.05, 0.1) is 6.61 Å². The second-order valence-corrected chi connectivity index (χ2v) is 13.1. The summed E-state index contributed by atoms with van der Waals surface area (Å²) in [6.45, 7) is 16.6. The Kier molecular flexibility index (Phi) is 8.17. The topological polar surface area (TPSA) is 35.5 Å². The first kappa shape index (κ1) is 30.2. The fourth-order valence-electron chi connectivity index (χ4n) is 7.00. The summed E-state index contributed by atoms with van der Waals surface area (Å²) >= 11 is 1.80. The van der Waals surface area contributed by atoms with E-state index in [1.807, 2.05) is 13.0 Å². The molecule has 1 aliphatic heterocycles. The molecule has 0 saturated heterocycles. The highest BCUT2D eigenvalue weighted by atomic mass is 32.2. The van der Waals surface area contributed by atoms with Crippen molar-refractivity contribution >= 4 is 17.7 Å². The van der Waals surface area contributed by atoms with Crippen molar-refractivity contribution in [3.05, 3.63) is 148 Å². The number of thioether (sulfide) groups is 1. The Balaban J connectivity index is 1.57. The Morgan fingerprint density at radius 3 is 2.14 bits per heavy atom. The molecular weight excluding hydrogens is 561 g/mol. The third-order valence-corrected chi connectivity index (χ3v) is 10.3. The lowest BCUT2D eigenvalue weighted by Crippen LogP contribution is -2.36. The minimum absolute atomic E-state index is 0.374. The number of fused-ring (bicyclic) bond motifs is 4. The van der Waals surface area contributed by atoms with E-state index in [0.29, 0.717) is 18.6 Å². The van der Waals surface area contributed by atoms with Crippen molar-refractivity contribution in [2.24, 2.45) is 0 Å². The van der Waals surface area contributed by atoms with E-state index in [2.05, 4.69) is 106 Å². The van der Waals surface area contributed by atoms with Crippen LogP contribution < -0.4 is 0 Å². The van der Waals surface area contributed by atoms with Crippen molar-refractivity contribution in [2.75, 3.05) is 6.61 Å². The van der Waals surface area contributed by atoms with Crippen LogP contribution >= 0.6 is 11.8 Å². The average Bonchev–Trinajstić information content (AvgIpc) is 3.17. The molecule has 44 heavy (non-hydrogen) atoms. The summed E-state index contributed by atoms with van der Waals surface area (Å²) in [5.74, 6) is 0.437. The molecule has 1 heterocycles. The first-order valence-corrected chi connectivity index (χ1v) is 16.5. The highest BCUT2D eigenvalue weighted by Gasteiger charge is 2.43. The van der Waals surface area contributed by atoms with Crippen molar-refractivity contribution in [3.63, 3.8) is 0 Å². The third-order valence-electron chi connectivity index (χ3n) is 9.17. The zero-order valence-corrected chi connectivity index (χ0v) is 27.0. The molecule has 4 aromatic carbocycles. The molecule has 2 unspecified atom stereocenters. The van der Waals surface area contributed by atoms with Crippen molar-refractivity contribution < 1.29 is 14.3 Å². The van der Waals surface area contributed by atoms with Crippen LogP contribution in [0, 0.1) is 0 Å². The van der Waals surface area contributed by atoms with Gasteiger partial charge >= 0.3 is 5.97 Å². The molecule has 2 atom stereocenters. The summed E-state index contributed by atoms with van der Waals surface area (Å²) in [4.78, 5) is 14.4. The van der Waals surface area contributed by atoms with E-state index in [1.54, 1.807) is 18.7 Å². The van der Waals surface area contributed by atoms with E-state index >= 15 is 0 Å². The lowest BCUT2D eigenvalue weighted by atomic mass is 9.71. The van der Waals surface area contributed by atoms with Gasteiger partial charge in [-0.15, -0.1) is 11.8 Å². The second-order valence-electron chi connectivity index (χ2n) is 12.1. The van der Waals surface area contributed by atoms with Crippen LogP contribution in [0.2, 0.25) is 0 Å². The highest BCUT2D eigenvalue weighted by molar-refractivity contribution is 7.98. The van der Waals surface area contributed by atoms with Crippen LogP contribution in [0.5, 0.6) is 0 Å². The Morgan fingerprint density at radius 1 is 0.795 bits per heavy atom. The van der Waals surface area contributed by atoms with Gasteiger partial charge in [-0.25, -0.2) is 4.79 Å². The number of ether oxygens (including phenoxy) is 2. The predicted molar refractivity (Wildman–Crippen MR) is 181 cm³/mol. The number of rotatable bonds is 8. The number of esters is 1. The minimum atomic E-state index is -0.930. The maximum Gasteiger partial charge on any atom is 0.334 e. The van der Waals surface area contributed by atoms with Crippen molar-refractivity contribution in [3.8, 4) is 11.1 Å². The molecule has 0 amide bonds. The molecule has 0 fully saturated rings. The second kappa shape index (κ2) is 11.9. The quantitative estimate of drug-likeness (QED) is 0.115. The Morgan fingerprint density at radius 2 is 1.45 bits per heavy atom. The molecule has 3 nitrogen and oxygen atoms in total. The highest BCUT2D eigenvalue weighted by Crippen LogP contribution is 2.51. The number of carbonyl (C=O) groups is 1. The maximum atomic E-state index is 13.2. The molecule has 0 saturated carbocycles. The molecule has 4 heteroatoms. The zero-order valence-electron chi connectivity index (χ0n) is 26.2. The molecule has 0 spiro atoms. The van der Waals surface area contributed by atoms with Crippen molar-refractivity contribution in [1.82, 2.24) is 0 Å². The molecule has 2 aliphatic rings. The molecule has 4 aromatic rings. The SMILES string of the molecule is C=C(C)COC1(CC)c2ccccc2Cc2c(-c3ccc4c(c3)C(CC)(OC(=O)C(=C)C)c3ccccc3CS4)cccc21. The molecule has 0 radical (unpaired) electrons. The summed E-state index contributed by atoms with van der Waals surface area (Å²) in [5.41, 5.74) is 10.4. The Hall–Kier alpha value is -3.86. The smallest absolute Gasteiger partial charge is 0.334 e. The minimum Gasteiger partial charge on any atom is -0.446 e. The van der Waals surface area contributed by atoms with Gasteiger partial charge in [0.15, 0.2) is 5.60 Å². The van der Waals surface area contributed by atoms with Crippen LogP contribution in [0.15, 0.2) is 114 Å². The van der Waals surface area contributed by atoms with Gasteiger partial charge in [0.25, 0.3) is 0 Å². The van der Waals surface area contributed by atoms with Gasteiger partial charge in [0.1, 0.15) is 5.60 Å². The first-order valence-electron chi connectivity index (χ1n) is 15.5. The largest absolute Gasteiger partial charge is 0.446 e. The van der Waals surface area contributed by atoms with E-state index < -0.39 is 11.2 Å². The molecule has 224 valence electrons. The fraction of sp³-hybridized carbons (Fsp3) is 0.275. The molecule has 6 rings (SSSR count). The zero-order chi connectivity index (χ0) is 31.1. The lowest BCUT2D eigenvalue weighted by Gasteiger charge is -2.41. The van der Waals surface area contributed by atoms with Gasteiger partial charge < -0.3 is 9.47 Å². The monoisotopic (exact) mass is 600 g/mol. The molecule has 1 aliphatic carbocycles. The maximum absolute atomic E-state index is 13.2. The van der Waals surface area contributed by atoms with Crippen LogP contribution in [0.3, 0.4) is 0 Å². The summed E-state index contributed by atoms with van der Waals surface area (Å²) in [7, 11) is 0. The number of hydrogen-bond donors (Lipinski definition) is 0. The number of benzene rings is 4. The molecule has 0 bridgehead atoms. The van der Waals surface area contributed by atoms with Gasteiger partial charge in [-0.2, -0.15) is 0 Å². The van der Waals surface area contributed by atoms with Gasteiger partial charge in [0.2, 0.25) is 0 Å². The predicted octanol–water partition coefficient (Wildman–Crippen LogP) is 9.88. The van der Waals surface area contributed by atoms with Crippen molar-refractivity contribution in [2.45, 2.75) is 68.8 Å². The summed E-state index contributed by atoms with van der Waals surface area (Å²) in [5, 5.41) is 0. The van der Waals surface area contributed by atoms with Crippen LogP contribution in [0.1, 0.15) is 79.5 Å². The van der Waals surface area contributed by atoms with Gasteiger partial charge in [0, 0.05) is 27.3 Å². The standard InChI is InChI=1S/C40H40O3S/c1-7-39(42-24-26(3)4)33-17-11-9-14-29(33)22-32-31(16-13-19-35(32)39)28-20-21-37-36(23-28)40(8-2,43-38(41)27(5)6)34-18-12-10-15-30(34)25-44-37/h9-21,23H,3,5,7-8,22,24-25H2,1-2,4,6H3. The first-order chi connectivity index (χ1) is 21.2. The molecule has 0 aromatic heterocycles. The van der Waals surface area contributed by atoms with Crippen LogP contribution in [-0.4, -0.2) is 12.6 Å². The molecular formula is C40H40O3S. The fourth-order valence-corrected chi connectivity index (χ4v) is 8.11. The van der Waals surface area contributed by atoms with E-state index in [1.165, 1.54) is 33.4 Å². The van der Waals surface area contributed by atoms with E-state index in [0.717, 1.165) is 45.8 Å². The Labute approximate surface area is 266 Å². The third kappa shape index (κ3) is 4.95. The number of carbonyl (C=O) groups excluding carboxylic acids is 1. The van der Waals surface area contributed by atoms with E-state index in [-0.39, 0.29) is 5.97 Å². The summed E-state index contributed by atoms with van der Waals surface area (Å²) in [6, 6.07) is 30.3. The van der Waals surface area contributed by atoms with E-state index in [9.17, 15) is 4.79 Å². The van der Waals surface area contributed by atoms with Crippen LogP contribution in [0.25, 0.3) is 11.1 Å². The normalized spacial score (nSPS) is 19.9.